The SMILES string of the molecule is COc1cccc(N(CCNC(=O)NC(C)C)C(C)=O)c1. The molecule has 0 radical (unpaired) electrons. The largest absolute Gasteiger partial charge is 0.497 e. The quantitative estimate of drug-likeness (QED) is 0.839. The summed E-state index contributed by atoms with van der Waals surface area (Å²) in [6.07, 6.45) is 0. The Morgan fingerprint density at radius 3 is 2.62 bits per heavy atom. The number of hydrogen-bond donors (Lipinski definition) is 2. The van der Waals surface area contributed by atoms with E-state index in [1.807, 2.05) is 32.0 Å². The van der Waals surface area contributed by atoms with Gasteiger partial charge < -0.3 is 20.3 Å². The molecule has 0 aromatic heterocycles. The third-order valence-corrected chi connectivity index (χ3v) is 2.79. The zero-order valence-corrected chi connectivity index (χ0v) is 13.0. The van der Waals surface area contributed by atoms with Crippen molar-refractivity contribution in [1.82, 2.24) is 10.6 Å². The average molecular weight is 293 g/mol. The second-order valence-electron chi connectivity index (χ2n) is 4.93. The number of carbonyl (C=O) groups excluding carboxylic acids is 2. The second-order valence-corrected chi connectivity index (χ2v) is 4.93. The summed E-state index contributed by atoms with van der Waals surface area (Å²) in [6, 6.07) is 7.10. The molecular weight excluding hydrogens is 270 g/mol. The van der Waals surface area contributed by atoms with E-state index in [0.29, 0.717) is 18.8 Å². The number of amides is 3. The lowest BCUT2D eigenvalue weighted by molar-refractivity contribution is -0.116. The minimum absolute atomic E-state index is 0.0762. The molecule has 1 aromatic rings. The number of carbonyl (C=O) groups is 2. The molecule has 1 aromatic carbocycles. The molecule has 0 aliphatic rings. The van der Waals surface area contributed by atoms with Crippen LogP contribution in [0, 0.1) is 0 Å². The van der Waals surface area contributed by atoms with Crippen LogP contribution >= 0.6 is 0 Å². The molecule has 0 saturated heterocycles. The minimum Gasteiger partial charge on any atom is -0.497 e. The number of nitrogens with zero attached hydrogens (tertiary/aromatic N) is 1. The van der Waals surface area contributed by atoms with Crippen LogP contribution in [0.1, 0.15) is 20.8 Å². The van der Waals surface area contributed by atoms with Crippen LogP contribution in [0.4, 0.5) is 10.5 Å². The third-order valence-electron chi connectivity index (χ3n) is 2.79. The fourth-order valence-corrected chi connectivity index (χ4v) is 1.84. The molecule has 0 bridgehead atoms. The molecule has 0 spiro atoms. The van der Waals surface area contributed by atoms with E-state index in [9.17, 15) is 9.59 Å². The minimum atomic E-state index is -0.237. The van der Waals surface area contributed by atoms with Gasteiger partial charge in [0.2, 0.25) is 5.91 Å². The number of methoxy groups -OCH3 is 1. The van der Waals surface area contributed by atoms with Crippen LogP contribution in [-0.4, -0.2) is 38.2 Å². The van der Waals surface area contributed by atoms with Crippen molar-refractivity contribution < 1.29 is 14.3 Å². The zero-order valence-electron chi connectivity index (χ0n) is 13.0. The van der Waals surface area contributed by atoms with Crippen LogP contribution in [0.2, 0.25) is 0 Å². The van der Waals surface area contributed by atoms with Crippen LogP contribution < -0.4 is 20.3 Å². The fraction of sp³-hybridized carbons (Fsp3) is 0.467. The summed E-state index contributed by atoms with van der Waals surface area (Å²) in [5, 5.41) is 5.45. The van der Waals surface area contributed by atoms with E-state index < -0.39 is 0 Å². The summed E-state index contributed by atoms with van der Waals surface area (Å²) >= 11 is 0. The highest BCUT2D eigenvalue weighted by Crippen LogP contribution is 2.20. The van der Waals surface area contributed by atoms with E-state index >= 15 is 0 Å². The average Bonchev–Trinajstić information content (AvgIpc) is 2.42. The Kier molecular flexibility index (Phi) is 6.52. The van der Waals surface area contributed by atoms with Gasteiger partial charge in [-0.15, -0.1) is 0 Å². The highest BCUT2D eigenvalue weighted by atomic mass is 16.5. The highest BCUT2D eigenvalue weighted by Gasteiger charge is 2.12. The molecule has 6 nitrogen and oxygen atoms in total. The molecule has 0 saturated carbocycles. The van der Waals surface area contributed by atoms with Crippen molar-refractivity contribution in [2.24, 2.45) is 0 Å². The van der Waals surface area contributed by atoms with Crippen molar-refractivity contribution in [2.75, 3.05) is 25.1 Å². The van der Waals surface area contributed by atoms with Gasteiger partial charge in [0.15, 0.2) is 0 Å². The van der Waals surface area contributed by atoms with Crippen molar-refractivity contribution in [3.63, 3.8) is 0 Å². The van der Waals surface area contributed by atoms with Gasteiger partial charge in [0.1, 0.15) is 5.75 Å². The molecule has 0 heterocycles. The molecule has 21 heavy (non-hydrogen) atoms. The fourth-order valence-electron chi connectivity index (χ4n) is 1.84. The molecule has 0 unspecified atom stereocenters. The van der Waals surface area contributed by atoms with Crippen molar-refractivity contribution >= 4 is 17.6 Å². The lowest BCUT2D eigenvalue weighted by Gasteiger charge is -2.22. The first-order chi connectivity index (χ1) is 9.93. The van der Waals surface area contributed by atoms with Crippen LogP contribution in [0.25, 0.3) is 0 Å². The normalized spacial score (nSPS) is 10.1. The molecule has 0 atom stereocenters. The topological polar surface area (TPSA) is 70.7 Å². The van der Waals surface area contributed by atoms with E-state index in [1.165, 1.54) is 6.92 Å². The monoisotopic (exact) mass is 293 g/mol. The number of urea groups is 1. The smallest absolute Gasteiger partial charge is 0.315 e. The van der Waals surface area contributed by atoms with E-state index in [1.54, 1.807) is 18.1 Å². The van der Waals surface area contributed by atoms with Gasteiger partial charge in [-0.25, -0.2) is 4.79 Å². The Bertz CT molecular complexity index is 489. The van der Waals surface area contributed by atoms with Gasteiger partial charge in [0.05, 0.1) is 7.11 Å². The lowest BCUT2D eigenvalue weighted by atomic mass is 10.2. The summed E-state index contributed by atoms with van der Waals surface area (Å²) in [5.74, 6) is 0.596. The van der Waals surface area contributed by atoms with E-state index in [-0.39, 0.29) is 18.0 Å². The van der Waals surface area contributed by atoms with Crippen molar-refractivity contribution in [3.8, 4) is 5.75 Å². The number of rotatable bonds is 6. The summed E-state index contributed by atoms with van der Waals surface area (Å²) in [4.78, 5) is 24.8. The number of nitrogens with one attached hydrogen (secondary N) is 2. The van der Waals surface area contributed by atoms with Gasteiger partial charge in [-0.3, -0.25) is 4.79 Å². The second kappa shape index (κ2) is 8.14. The standard InChI is InChI=1S/C15H23N3O3/c1-11(2)17-15(20)16-8-9-18(12(3)19)13-6-5-7-14(10-13)21-4/h5-7,10-11H,8-9H2,1-4H3,(H2,16,17,20). The molecule has 0 fully saturated rings. The lowest BCUT2D eigenvalue weighted by Crippen LogP contribution is -2.43. The van der Waals surface area contributed by atoms with Gasteiger partial charge in [-0.05, 0) is 26.0 Å². The number of ether oxygens (including phenoxy) is 1. The number of benzene rings is 1. The van der Waals surface area contributed by atoms with Crippen LogP contribution in [0.15, 0.2) is 24.3 Å². The third kappa shape index (κ3) is 5.72. The predicted molar refractivity (Wildman–Crippen MR) is 82.7 cm³/mol. The molecule has 116 valence electrons. The molecule has 0 aliphatic heterocycles. The Hall–Kier alpha value is -2.24. The number of hydrogen-bond acceptors (Lipinski definition) is 3. The molecule has 0 aliphatic carbocycles. The summed E-state index contributed by atoms with van der Waals surface area (Å²) in [5.41, 5.74) is 0.743. The maximum absolute atomic E-state index is 11.8. The zero-order chi connectivity index (χ0) is 15.8. The van der Waals surface area contributed by atoms with E-state index in [4.69, 9.17) is 4.74 Å². The van der Waals surface area contributed by atoms with Gasteiger partial charge in [0.25, 0.3) is 0 Å². The van der Waals surface area contributed by atoms with Gasteiger partial charge >= 0.3 is 6.03 Å². The van der Waals surface area contributed by atoms with E-state index in [0.717, 1.165) is 5.69 Å². The molecular formula is C15H23N3O3. The molecule has 6 heteroatoms. The first kappa shape index (κ1) is 16.8. The molecule has 2 N–H and O–H groups in total. The van der Waals surface area contributed by atoms with Crippen LogP contribution in [-0.2, 0) is 4.79 Å². The van der Waals surface area contributed by atoms with Gasteiger partial charge in [0, 0.05) is 37.8 Å². The maximum atomic E-state index is 11.8. The number of anilines is 1. The maximum Gasteiger partial charge on any atom is 0.315 e. The Labute approximate surface area is 125 Å². The summed E-state index contributed by atoms with van der Waals surface area (Å²) in [6.45, 7) is 6.03. The molecule has 1 rings (SSSR count). The van der Waals surface area contributed by atoms with Crippen molar-refractivity contribution in [3.05, 3.63) is 24.3 Å². The summed E-state index contributed by atoms with van der Waals surface area (Å²) < 4.78 is 5.15. The van der Waals surface area contributed by atoms with Crippen molar-refractivity contribution in [2.45, 2.75) is 26.8 Å². The molecule has 3 amide bonds. The first-order valence-electron chi connectivity index (χ1n) is 6.90. The van der Waals surface area contributed by atoms with Gasteiger partial charge in [-0.1, -0.05) is 6.07 Å². The first-order valence-corrected chi connectivity index (χ1v) is 6.90. The Morgan fingerprint density at radius 1 is 1.33 bits per heavy atom. The Morgan fingerprint density at radius 2 is 2.05 bits per heavy atom. The summed E-state index contributed by atoms with van der Waals surface area (Å²) in [7, 11) is 1.58. The Balaban J connectivity index is 2.62. The van der Waals surface area contributed by atoms with Crippen molar-refractivity contribution in [1.29, 1.82) is 0 Å². The van der Waals surface area contributed by atoms with Crippen LogP contribution in [0.5, 0.6) is 5.75 Å². The van der Waals surface area contributed by atoms with E-state index in [2.05, 4.69) is 10.6 Å². The predicted octanol–water partition coefficient (Wildman–Crippen LogP) is 1.76. The highest BCUT2D eigenvalue weighted by molar-refractivity contribution is 5.91. The van der Waals surface area contributed by atoms with Gasteiger partial charge in [-0.2, -0.15) is 0 Å². The van der Waals surface area contributed by atoms with Crippen LogP contribution in [0.3, 0.4) is 0 Å².